The number of ether oxygens (including phenoxy) is 3. The molecule has 0 spiro atoms. The summed E-state index contributed by atoms with van der Waals surface area (Å²) >= 11 is 0. The molecule has 0 fully saturated rings. The van der Waals surface area contributed by atoms with Crippen molar-refractivity contribution >= 4 is 35.6 Å². The zero-order valence-electron chi connectivity index (χ0n) is 16.4. The fraction of sp³-hybridized carbons (Fsp3) is 0.444. The summed E-state index contributed by atoms with van der Waals surface area (Å²) < 4.78 is 17.6. The zero-order valence-corrected chi connectivity index (χ0v) is 18.7. The summed E-state index contributed by atoms with van der Waals surface area (Å²) in [5.41, 5.74) is 9.81. The lowest BCUT2D eigenvalue weighted by molar-refractivity contribution is 0.182. The first-order valence-corrected chi connectivity index (χ1v) is 8.31. The number of aromatic nitrogens is 2. The van der Waals surface area contributed by atoms with Gasteiger partial charge in [0.1, 0.15) is 11.5 Å². The minimum atomic E-state index is 0. The topological polar surface area (TPSA) is 95.9 Å². The molecule has 150 valence electrons. The normalized spacial score (nSPS) is 11.1. The van der Waals surface area contributed by atoms with Crippen LogP contribution in [0.3, 0.4) is 0 Å². The highest BCUT2D eigenvalue weighted by atomic mass is 127. The van der Waals surface area contributed by atoms with Crippen LogP contribution in [0.2, 0.25) is 0 Å². The van der Waals surface area contributed by atoms with E-state index in [4.69, 9.17) is 19.9 Å². The molecule has 1 heterocycles. The lowest BCUT2D eigenvalue weighted by Gasteiger charge is -2.12. The monoisotopic (exact) mass is 489 g/mol. The van der Waals surface area contributed by atoms with Gasteiger partial charge in [-0.3, -0.25) is 4.68 Å². The van der Waals surface area contributed by atoms with Gasteiger partial charge in [0.25, 0.3) is 0 Å². The quantitative estimate of drug-likeness (QED) is 0.337. The number of guanidine groups is 1. The van der Waals surface area contributed by atoms with E-state index >= 15 is 0 Å². The maximum atomic E-state index is 6.05. The predicted octanol–water partition coefficient (Wildman–Crippen LogP) is 2.71. The Morgan fingerprint density at radius 3 is 2.59 bits per heavy atom. The highest BCUT2D eigenvalue weighted by Gasteiger charge is 2.11. The second kappa shape index (κ2) is 11.0. The average molecular weight is 489 g/mol. The molecule has 9 heteroatoms. The fourth-order valence-electron chi connectivity index (χ4n) is 2.61. The molecule has 1 aromatic heterocycles. The van der Waals surface area contributed by atoms with E-state index in [9.17, 15) is 0 Å². The maximum absolute atomic E-state index is 6.05. The van der Waals surface area contributed by atoms with Crippen molar-refractivity contribution in [1.29, 1.82) is 0 Å². The van der Waals surface area contributed by atoms with E-state index in [2.05, 4.69) is 15.4 Å². The standard InChI is InChI=1S/C18H27N5O3.HI/c1-12-15(13(2)23(22-12)8-9-24-3)11-20-18(19)21-16-10-14(25-4)6-7-17(16)26-5;/h6-7,10H,8-9,11H2,1-5H3,(H3,19,20,21);1H. The van der Waals surface area contributed by atoms with E-state index in [0.717, 1.165) is 17.0 Å². The molecule has 2 aromatic rings. The van der Waals surface area contributed by atoms with Gasteiger partial charge in [0.15, 0.2) is 5.96 Å². The number of methoxy groups -OCH3 is 3. The van der Waals surface area contributed by atoms with Gasteiger partial charge >= 0.3 is 0 Å². The van der Waals surface area contributed by atoms with Crippen LogP contribution < -0.4 is 20.5 Å². The summed E-state index contributed by atoms with van der Waals surface area (Å²) in [4.78, 5) is 4.44. The Bertz CT molecular complexity index is 777. The highest BCUT2D eigenvalue weighted by molar-refractivity contribution is 14.0. The third-order valence-electron chi connectivity index (χ3n) is 4.12. The van der Waals surface area contributed by atoms with Gasteiger partial charge in [-0.05, 0) is 26.0 Å². The third-order valence-corrected chi connectivity index (χ3v) is 4.12. The number of hydrogen-bond donors (Lipinski definition) is 2. The van der Waals surface area contributed by atoms with Crippen molar-refractivity contribution in [3.8, 4) is 11.5 Å². The Hall–Kier alpha value is -2.01. The highest BCUT2D eigenvalue weighted by Crippen LogP contribution is 2.28. The number of hydrogen-bond acceptors (Lipinski definition) is 5. The Labute approximate surface area is 177 Å². The van der Waals surface area contributed by atoms with E-state index < -0.39 is 0 Å². The second-order valence-corrected chi connectivity index (χ2v) is 5.76. The van der Waals surface area contributed by atoms with E-state index in [1.807, 2.05) is 30.7 Å². The van der Waals surface area contributed by atoms with Crippen LogP contribution in [-0.4, -0.2) is 43.7 Å². The van der Waals surface area contributed by atoms with Crippen molar-refractivity contribution in [3.63, 3.8) is 0 Å². The first-order valence-electron chi connectivity index (χ1n) is 8.31. The molecule has 3 N–H and O–H groups in total. The van der Waals surface area contributed by atoms with Gasteiger partial charge in [-0.2, -0.15) is 5.10 Å². The number of aryl methyl sites for hydroxylation is 1. The molecule has 0 aliphatic heterocycles. The van der Waals surface area contributed by atoms with E-state index in [1.54, 1.807) is 27.4 Å². The number of aliphatic imine (C=N–C) groups is 1. The largest absolute Gasteiger partial charge is 0.497 e. The molecule has 27 heavy (non-hydrogen) atoms. The van der Waals surface area contributed by atoms with Gasteiger partial charge < -0.3 is 25.3 Å². The zero-order chi connectivity index (χ0) is 19.1. The summed E-state index contributed by atoms with van der Waals surface area (Å²) in [5.74, 6) is 1.65. The first-order chi connectivity index (χ1) is 12.5. The fourth-order valence-corrected chi connectivity index (χ4v) is 2.61. The number of anilines is 1. The van der Waals surface area contributed by atoms with E-state index in [1.165, 1.54) is 0 Å². The second-order valence-electron chi connectivity index (χ2n) is 5.76. The molecule has 1 aromatic carbocycles. The van der Waals surface area contributed by atoms with Crippen molar-refractivity contribution in [2.75, 3.05) is 33.3 Å². The van der Waals surface area contributed by atoms with Crippen molar-refractivity contribution in [3.05, 3.63) is 35.2 Å². The van der Waals surface area contributed by atoms with Crippen LogP contribution in [0.25, 0.3) is 0 Å². The molecule has 2 rings (SSSR count). The molecule has 0 radical (unpaired) electrons. The molecule has 0 aliphatic rings. The van der Waals surface area contributed by atoms with Crippen molar-refractivity contribution in [1.82, 2.24) is 9.78 Å². The van der Waals surface area contributed by atoms with E-state index in [-0.39, 0.29) is 24.0 Å². The average Bonchev–Trinajstić information content (AvgIpc) is 2.91. The minimum Gasteiger partial charge on any atom is -0.497 e. The number of halogens is 1. The van der Waals surface area contributed by atoms with Crippen molar-refractivity contribution in [2.45, 2.75) is 26.9 Å². The van der Waals surface area contributed by atoms with Gasteiger partial charge in [-0.1, -0.05) is 0 Å². The summed E-state index contributed by atoms with van der Waals surface area (Å²) in [6.45, 7) is 5.76. The Balaban J connectivity index is 0.00000364. The smallest absolute Gasteiger partial charge is 0.193 e. The molecule has 0 saturated heterocycles. The molecular formula is C18H28IN5O3. The van der Waals surface area contributed by atoms with Crippen LogP contribution in [0, 0.1) is 13.8 Å². The number of rotatable bonds is 8. The van der Waals surface area contributed by atoms with Crippen molar-refractivity contribution < 1.29 is 14.2 Å². The summed E-state index contributed by atoms with van der Waals surface area (Å²) in [6, 6.07) is 5.43. The van der Waals surface area contributed by atoms with Crippen LogP contribution in [0.4, 0.5) is 5.69 Å². The molecule has 0 saturated carbocycles. The van der Waals surface area contributed by atoms with Gasteiger partial charge in [0.2, 0.25) is 0 Å². The SMILES string of the molecule is COCCn1nc(C)c(CN=C(N)Nc2cc(OC)ccc2OC)c1C.I. The molecule has 0 aliphatic carbocycles. The number of nitrogens with zero attached hydrogens (tertiary/aromatic N) is 3. The first kappa shape index (κ1) is 23.0. The number of nitrogens with two attached hydrogens (primary N) is 1. The Morgan fingerprint density at radius 1 is 1.22 bits per heavy atom. The number of nitrogens with one attached hydrogen (secondary N) is 1. The summed E-state index contributed by atoms with van der Waals surface area (Å²) in [5, 5.41) is 7.59. The Kier molecular flexibility index (Phi) is 9.36. The maximum Gasteiger partial charge on any atom is 0.193 e. The van der Waals surface area contributed by atoms with E-state index in [0.29, 0.717) is 42.8 Å². The minimum absolute atomic E-state index is 0. The van der Waals surface area contributed by atoms with Gasteiger partial charge in [0.05, 0.1) is 45.3 Å². The number of benzene rings is 1. The van der Waals surface area contributed by atoms with Gasteiger partial charge in [-0.25, -0.2) is 4.99 Å². The molecule has 0 unspecified atom stereocenters. The van der Waals surface area contributed by atoms with Gasteiger partial charge in [-0.15, -0.1) is 24.0 Å². The van der Waals surface area contributed by atoms with Crippen LogP contribution in [0.15, 0.2) is 23.2 Å². The summed E-state index contributed by atoms with van der Waals surface area (Å²) in [7, 11) is 4.88. The van der Waals surface area contributed by atoms with Crippen molar-refractivity contribution in [2.24, 2.45) is 10.7 Å². The Morgan fingerprint density at radius 2 is 1.96 bits per heavy atom. The van der Waals surface area contributed by atoms with Crippen LogP contribution >= 0.6 is 24.0 Å². The summed E-state index contributed by atoms with van der Waals surface area (Å²) in [6.07, 6.45) is 0. The molecule has 0 amide bonds. The molecule has 0 atom stereocenters. The van der Waals surface area contributed by atoms with Gasteiger partial charge in [0, 0.05) is 24.4 Å². The molecule has 8 nitrogen and oxygen atoms in total. The van der Waals surface area contributed by atoms with Crippen LogP contribution in [0.5, 0.6) is 11.5 Å². The lowest BCUT2D eigenvalue weighted by Crippen LogP contribution is -2.23. The van der Waals surface area contributed by atoms with Crippen LogP contribution in [-0.2, 0) is 17.8 Å². The third kappa shape index (κ3) is 5.99. The lowest BCUT2D eigenvalue weighted by atomic mass is 10.2. The predicted molar refractivity (Wildman–Crippen MR) is 117 cm³/mol. The molecular weight excluding hydrogens is 461 g/mol. The van der Waals surface area contributed by atoms with Crippen LogP contribution in [0.1, 0.15) is 17.0 Å². The molecule has 0 bridgehead atoms.